The quantitative estimate of drug-likeness (QED) is 0.718. The normalized spacial score (nSPS) is 19.5. The molecule has 2 aliphatic rings. The number of nitrogens with one attached hydrogen (secondary N) is 1. The van der Waals surface area contributed by atoms with Gasteiger partial charge in [0, 0.05) is 31.7 Å². The molecule has 2 fully saturated rings. The van der Waals surface area contributed by atoms with Crippen molar-refractivity contribution in [3.8, 4) is 5.75 Å². The molecule has 2 aliphatic heterocycles. The summed E-state index contributed by atoms with van der Waals surface area (Å²) < 4.78 is 10.7. The second kappa shape index (κ2) is 10.8. The van der Waals surface area contributed by atoms with Crippen molar-refractivity contribution >= 4 is 6.09 Å². The van der Waals surface area contributed by atoms with Crippen LogP contribution in [0.4, 0.5) is 4.79 Å². The summed E-state index contributed by atoms with van der Waals surface area (Å²) in [5, 5.41) is 3.89. The van der Waals surface area contributed by atoms with Crippen molar-refractivity contribution in [2.24, 2.45) is 5.92 Å². The lowest BCUT2D eigenvalue weighted by molar-refractivity contribution is 0.0806. The number of rotatable bonds is 8. The van der Waals surface area contributed by atoms with Gasteiger partial charge in [0.15, 0.2) is 0 Å². The summed E-state index contributed by atoms with van der Waals surface area (Å²) >= 11 is 0. The van der Waals surface area contributed by atoms with E-state index in [0.29, 0.717) is 24.6 Å². The molecule has 1 atom stereocenters. The van der Waals surface area contributed by atoms with Crippen molar-refractivity contribution in [1.29, 1.82) is 0 Å². The van der Waals surface area contributed by atoms with Gasteiger partial charge in [0.1, 0.15) is 5.75 Å². The third kappa shape index (κ3) is 6.61. The Balaban J connectivity index is 1.55. The molecule has 1 N–H and O–H groups in total. The Morgan fingerprint density at radius 1 is 1.10 bits per heavy atom. The number of carbonyl (C=O) groups excluding carboxylic acids is 1. The Morgan fingerprint density at radius 3 is 2.34 bits per heavy atom. The monoisotopic (exact) mass is 403 g/mol. The van der Waals surface area contributed by atoms with E-state index in [0.717, 1.165) is 38.2 Å². The summed E-state index contributed by atoms with van der Waals surface area (Å²) in [6, 6.07) is 9.14. The summed E-state index contributed by atoms with van der Waals surface area (Å²) in [5.74, 6) is 1.26. The van der Waals surface area contributed by atoms with Crippen LogP contribution < -0.4 is 10.1 Å². The predicted octanol–water partition coefficient (Wildman–Crippen LogP) is 3.68. The minimum Gasteiger partial charge on any atom is -0.497 e. The van der Waals surface area contributed by atoms with Crippen molar-refractivity contribution in [3.63, 3.8) is 0 Å². The van der Waals surface area contributed by atoms with Crippen LogP contribution in [0.5, 0.6) is 5.75 Å². The SMILES string of the molecule is COc1ccc([C@H](CN2CCCC2)NC2CCN(C(=O)OCC(C)C)CC2)cc1. The largest absolute Gasteiger partial charge is 0.497 e. The van der Waals surface area contributed by atoms with Gasteiger partial charge in [-0.1, -0.05) is 26.0 Å². The lowest BCUT2D eigenvalue weighted by Gasteiger charge is -2.35. The molecular formula is C23H37N3O3. The van der Waals surface area contributed by atoms with Crippen LogP contribution >= 0.6 is 0 Å². The minimum absolute atomic E-state index is 0.166. The highest BCUT2D eigenvalue weighted by Gasteiger charge is 2.27. The van der Waals surface area contributed by atoms with Crippen LogP contribution in [0.2, 0.25) is 0 Å². The molecule has 0 unspecified atom stereocenters. The predicted molar refractivity (Wildman–Crippen MR) is 115 cm³/mol. The number of methoxy groups -OCH3 is 1. The number of likely N-dealkylation sites (tertiary alicyclic amines) is 2. The highest BCUT2D eigenvalue weighted by molar-refractivity contribution is 5.67. The van der Waals surface area contributed by atoms with Crippen LogP contribution in [-0.2, 0) is 4.74 Å². The van der Waals surface area contributed by atoms with Crippen LogP contribution in [-0.4, -0.2) is 68.4 Å². The molecule has 0 saturated carbocycles. The molecule has 2 heterocycles. The Hall–Kier alpha value is -1.79. The first-order valence-corrected chi connectivity index (χ1v) is 11.1. The third-order valence-corrected chi connectivity index (χ3v) is 5.89. The number of benzene rings is 1. The Labute approximate surface area is 175 Å². The zero-order valence-electron chi connectivity index (χ0n) is 18.2. The van der Waals surface area contributed by atoms with E-state index in [4.69, 9.17) is 9.47 Å². The second-order valence-corrected chi connectivity index (χ2v) is 8.73. The van der Waals surface area contributed by atoms with Crippen LogP contribution in [0.3, 0.4) is 0 Å². The second-order valence-electron chi connectivity index (χ2n) is 8.73. The summed E-state index contributed by atoms with van der Waals surface area (Å²) in [6.45, 7) is 9.53. The Bertz CT molecular complexity index is 621. The summed E-state index contributed by atoms with van der Waals surface area (Å²) in [6.07, 6.45) is 4.35. The fourth-order valence-electron chi connectivity index (χ4n) is 4.16. The van der Waals surface area contributed by atoms with E-state index in [1.807, 2.05) is 17.0 Å². The van der Waals surface area contributed by atoms with E-state index in [1.165, 1.54) is 31.5 Å². The molecule has 162 valence electrons. The molecule has 0 aromatic heterocycles. The fourth-order valence-corrected chi connectivity index (χ4v) is 4.16. The molecule has 1 aromatic carbocycles. The van der Waals surface area contributed by atoms with Crippen LogP contribution in [0.25, 0.3) is 0 Å². The first kappa shape index (κ1) is 21.9. The molecule has 1 amide bonds. The molecule has 3 rings (SSSR count). The molecule has 29 heavy (non-hydrogen) atoms. The van der Waals surface area contributed by atoms with Crippen LogP contribution in [0.1, 0.15) is 51.1 Å². The summed E-state index contributed by atoms with van der Waals surface area (Å²) in [4.78, 5) is 16.6. The number of nitrogens with zero attached hydrogens (tertiary/aromatic N) is 2. The van der Waals surface area contributed by atoms with Gasteiger partial charge in [0.05, 0.1) is 13.7 Å². The number of ether oxygens (including phenoxy) is 2. The van der Waals surface area contributed by atoms with Gasteiger partial charge in [0.25, 0.3) is 0 Å². The first-order chi connectivity index (χ1) is 14.0. The van der Waals surface area contributed by atoms with Crippen molar-refractivity contribution in [1.82, 2.24) is 15.1 Å². The van der Waals surface area contributed by atoms with Gasteiger partial charge in [-0.25, -0.2) is 4.79 Å². The summed E-state index contributed by atoms with van der Waals surface area (Å²) in [5.41, 5.74) is 1.30. The fraction of sp³-hybridized carbons (Fsp3) is 0.696. The Morgan fingerprint density at radius 2 is 1.76 bits per heavy atom. The van der Waals surface area contributed by atoms with Gasteiger partial charge in [-0.3, -0.25) is 0 Å². The lowest BCUT2D eigenvalue weighted by Crippen LogP contribution is -2.47. The van der Waals surface area contributed by atoms with Crippen LogP contribution in [0.15, 0.2) is 24.3 Å². The number of amides is 1. The molecule has 6 heteroatoms. The topological polar surface area (TPSA) is 54.0 Å². The van der Waals surface area contributed by atoms with Crippen LogP contribution in [0, 0.1) is 5.92 Å². The van der Waals surface area contributed by atoms with Crippen molar-refractivity contribution in [2.45, 2.75) is 51.6 Å². The third-order valence-electron chi connectivity index (χ3n) is 5.89. The van der Waals surface area contributed by atoms with E-state index < -0.39 is 0 Å². The maximum absolute atomic E-state index is 12.2. The standard InChI is InChI=1S/C23H37N3O3/c1-18(2)17-29-23(27)26-14-10-20(11-15-26)24-22(16-25-12-4-5-13-25)19-6-8-21(28-3)9-7-19/h6-9,18,20,22,24H,4-5,10-17H2,1-3H3/t22-/m0/s1. The number of carbonyl (C=O) groups is 1. The van der Waals surface area contributed by atoms with Crippen molar-refractivity contribution < 1.29 is 14.3 Å². The van der Waals surface area contributed by atoms with E-state index in [9.17, 15) is 4.79 Å². The lowest BCUT2D eigenvalue weighted by atomic mass is 10.0. The number of hydrogen-bond acceptors (Lipinski definition) is 5. The maximum atomic E-state index is 12.2. The summed E-state index contributed by atoms with van der Waals surface area (Å²) in [7, 11) is 1.70. The first-order valence-electron chi connectivity index (χ1n) is 11.1. The zero-order chi connectivity index (χ0) is 20.6. The van der Waals surface area contributed by atoms with Gasteiger partial charge in [-0.05, 0) is 62.4 Å². The highest BCUT2D eigenvalue weighted by Crippen LogP contribution is 2.23. The molecule has 1 aromatic rings. The maximum Gasteiger partial charge on any atom is 0.409 e. The Kier molecular flexibility index (Phi) is 8.19. The highest BCUT2D eigenvalue weighted by atomic mass is 16.6. The molecule has 0 aliphatic carbocycles. The number of hydrogen-bond donors (Lipinski definition) is 1. The smallest absolute Gasteiger partial charge is 0.409 e. The van der Waals surface area contributed by atoms with Gasteiger partial charge in [0.2, 0.25) is 0 Å². The average Bonchev–Trinajstić information content (AvgIpc) is 3.25. The minimum atomic E-state index is -0.166. The van der Waals surface area contributed by atoms with Gasteiger partial charge >= 0.3 is 6.09 Å². The van der Waals surface area contributed by atoms with Gasteiger partial charge < -0.3 is 24.6 Å². The van der Waals surface area contributed by atoms with Gasteiger partial charge in [-0.2, -0.15) is 0 Å². The molecule has 0 radical (unpaired) electrons. The van der Waals surface area contributed by atoms with Gasteiger partial charge in [-0.15, -0.1) is 0 Å². The van der Waals surface area contributed by atoms with E-state index in [-0.39, 0.29) is 6.09 Å². The molecule has 0 spiro atoms. The van der Waals surface area contributed by atoms with Crippen molar-refractivity contribution in [2.75, 3.05) is 46.4 Å². The van der Waals surface area contributed by atoms with E-state index in [1.54, 1.807) is 7.11 Å². The molecule has 6 nitrogen and oxygen atoms in total. The van der Waals surface area contributed by atoms with E-state index >= 15 is 0 Å². The number of piperidine rings is 1. The molecule has 2 saturated heterocycles. The van der Waals surface area contributed by atoms with Crippen molar-refractivity contribution in [3.05, 3.63) is 29.8 Å². The molecular weight excluding hydrogens is 366 g/mol. The average molecular weight is 404 g/mol. The molecule has 0 bridgehead atoms. The zero-order valence-corrected chi connectivity index (χ0v) is 18.2. The van der Waals surface area contributed by atoms with E-state index in [2.05, 4.69) is 36.2 Å².